The summed E-state index contributed by atoms with van der Waals surface area (Å²) in [7, 11) is 0. The first-order chi connectivity index (χ1) is 15.3. The van der Waals surface area contributed by atoms with Gasteiger partial charge in [-0.15, -0.1) is 0 Å². The average molecular weight is 438 g/mol. The van der Waals surface area contributed by atoms with Crippen LogP contribution < -0.4 is 21.9 Å². The molecule has 168 valence electrons. The number of benzene rings is 2. The van der Waals surface area contributed by atoms with E-state index in [0.29, 0.717) is 24.2 Å². The maximum Gasteiger partial charge on any atom is 0.330 e. The molecule has 0 saturated heterocycles. The maximum absolute atomic E-state index is 12.9. The van der Waals surface area contributed by atoms with E-state index in [1.54, 1.807) is 24.0 Å². The second-order valence-corrected chi connectivity index (χ2v) is 7.66. The van der Waals surface area contributed by atoms with Gasteiger partial charge in [-0.2, -0.15) is 0 Å². The third-order valence-corrected chi connectivity index (χ3v) is 5.46. The Morgan fingerprint density at radius 1 is 1.09 bits per heavy atom. The van der Waals surface area contributed by atoms with Crippen molar-refractivity contribution in [3.63, 3.8) is 0 Å². The van der Waals surface area contributed by atoms with Crippen LogP contribution in [-0.4, -0.2) is 14.5 Å². The van der Waals surface area contributed by atoms with Gasteiger partial charge in [0, 0.05) is 31.3 Å². The van der Waals surface area contributed by atoms with E-state index in [4.69, 9.17) is 5.73 Å². The standard InChI is InChI=1S/C23H27N5O4/c1-3-4-13-27-21(24)20(22(29)25-23(27)30)26(14-17-9-6-5-7-10-17)15-18-11-8-12-19(16(18)2)28(31)32/h5-12H,3-4,13-15,24H2,1-2H3,(H,25,29,30). The third-order valence-electron chi connectivity index (χ3n) is 5.46. The molecule has 0 aliphatic heterocycles. The molecule has 9 nitrogen and oxygen atoms in total. The van der Waals surface area contributed by atoms with Crippen molar-refractivity contribution < 1.29 is 4.92 Å². The lowest BCUT2D eigenvalue weighted by molar-refractivity contribution is -0.385. The van der Waals surface area contributed by atoms with Gasteiger partial charge in [0.1, 0.15) is 11.5 Å². The predicted octanol–water partition coefficient (Wildman–Crippen LogP) is 3.34. The Morgan fingerprint density at radius 3 is 2.47 bits per heavy atom. The maximum atomic E-state index is 12.9. The Labute approximate surface area is 185 Å². The van der Waals surface area contributed by atoms with Crippen molar-refractivity contribution in [3.8, 4) is 0 Å². The molecule has 0 saturated carbocycles. The molecule has 0 aliphatic rings. The number of nitrogens with two attached hydrogens (primary N) is 1. The quantitative estimate of drug-likeness (QED) is 0.390. The molecule has 0 amide bonds. The van der Waals surface area contributed by atoms with Gasteiger partial charge in [-0.1, -0.05) is 55.8 Å². The monoisotopic (exact) mass is 437 g/mol. The smallest absolute Gasteiger partial charge is 0.330 e. The van der Waals surface area contributed by atoms with Crippen LogP contribution in [-0.2, 0) is 19.6 Å². The van der Waals surface area contributed by atoms with Crippen molar-refractivity contribution in [3.05, 3.63) is 96.2 Å². The number of nitrogens with one attached hydrogen (secondary N) is 1. The minimum absolute atomic E-state index is 0.0111. The number of nitro groups is 1. The lowest BCUT2D eigenvalue weighted by atomic mass is 10.1. The molecule has 3 N–H and O–H groups in total. The van der Waals surface area contributed by atoms with E-state index in [2.05, 4.69) is 4.98 Å². The Morgan fingerprint density at radius 2 is 1.81 bits per heavy atom. The molecule has 32 heavy (non-hydrogen) atoms. The third kappa shape index (κ3) is 4.88. The SMILES string of the molecule is CCCCn1c(N)c(N(Cc2ccccc2)Cc2cccc([N+](=O)[O-])c2C)c(=O)[nH]c1=O. The van der Waals surface area contributed by atoms with Crippen LogP contribution in [0, 0.1) is 17.0 Å². The second kappa shape index (κ2) is 9.95. The zero-order chi connectivity index (χ0) is 23.3. The number of hydrogen-bond acceptors (Lipinski definition) is 6. The molecular formula is C23H27N5O4. The number of H-pyrrole nitrogens is 1. The van der Waals surface area contributed by atoms with Crippen LogP contribution in [0.25, 0.3) is 0 Å². The summed E-state index contributed by atoms with van der Waals surface area (Å²) in [5.74, 6) is 0.0891. The van der Waals surface area contributed by atoms with E-state index >= 15 is 0 Å². The molecule has 3 aromatic rings. The fourth-order valence-electron chi connectivity index (χ4n) is 3.68. The van der Waals surface area contributed by atoms with Crippen LogP contribution in [0.5, 0.6) is 0 Å². The summed E-state index contributed by atoms with van der Waals surface area (Å²) in [6.07, 6.45) is 1.60. The number of nitrogen functional groups attached to an aromatic ring is 1. The van der Waals surface area contributed by atoms with Gasteiger partial charge in [-0.05, 0) is 24.5 Å². The van der Waals surface area contributed by atoms with Crippen LogP contribution in [0.2, 0.25) is 0 Å². The number of nitro benzene ring substituents is 1. The zero-order valence-electron chi connectivity index (χ0n) is 18.2. The van der Waals surface area contributed by atoms with Crippen molar-refractivity contribution in [1.82, 2.24) is 9.55 Å². The molecule has 0 bridgehead atoms. The largest absolute Gasteiger partial charge is 0.383 e. The van der Waals surface area contributed by atoms with E-state index < -0.39 is 16.2 Å². The zero-order valence-corrected chi connectivity index (χ0v) is 18.2. The number of aromatic nitrogens is 2. The lowest BCUT2D eigenvalue weighted by Crippen LogP contribution is -2.38. The number of anilines is 2. The van der Waals surface area contributed by atoms with Crippen LogP contribution in [0.15, 0.2) is 58.1 Å². The summed E-state index contributed by atoms with van der Waals surface area (Å²) >= 11 is 0. The number of rotatable bonds is 9. The van der Waals surface area contributed by atoms with E-state index in [1.165, 1.54) is 10.6 Å². The fraction of sp³-hybridized carbons (Fsp3) is 0.304. The highest BCUT2D eigenvalue weighted by molar-refractivity contribution is 5.63. The summed E-state index contributed by atoms with van der Waals surface area (Å²) in [6, 6.07) is 14.4. The Kier molecular flexibility index (Phi) is 7.09. The summed E-state index contributed by atoms with van der Waals surface area (Å²) in [6.45, 7) is 4.62. The van der Waals surface area contributed by atoms with Crippen LogP contribution in [0.3, 0.4) is 0 Å². The fourth-order valence-corrected chi connectivity index (χ4v) is 3.68. The van der Waals surface area contributed by atoms with Crippen LogP contribution in [0.1, 0.15) is 36.5 Å². The summed E-state index contributed by atoms with van der Waals surface area (Å²) in [5, 5.41) is 11.4. The molecule has 0 radical (unpaired) electrons. The van der Waals surface area contributed by atoms with Gasteiger partial charge in [0.25, 0.3) is 11.2 Å². The molecular weight excluding hydrogens is 410 g/mol. The number of aromatic amines is 1. The molecule has 1 aromatic heterocycles. The van der Waals surface area contributed by atoms with E-state index in [1.807, 2.05) is 37.3 Å². The molecule has 9 heteroatoms. The average Bonchev–Trinajstić information content (AvgIpc) is 2.75. The minimum atomic E-state index is -0.584. The number of hydrogen-bond donors (Lipinski definition) is 2. The van der Waals surface area contributed by atoms with E-state index in [9.17, 15) is 19.7 Å². The summed E-state index contributed by atoms with van der Waals surface area (Å²) in [5.41, 5.74) is 7.55. The Hall–Kier alpha value is -3.88. The highest BCUT2D eigenvalue weighted by Crippen LogP contribution is 2.26. The van der Waals surface area contributed by atoms with Gasteiger partial charge in [0.2, 0.25) is 0 Å². The van der Waals surface area contributed by atoms with Crippen molar-refractivity contribution in [1.29, 1.82) is 0 Å². The first kappa shape index (κ1) is 22.8. The van der Waals surface area contributed by atoms with Gasteiger partial charge >= 0.3 is 5.69 Å². The summed E-state index contributed by atoms with van der Waals surface area (Å²) < 4.78 is 1.37. The lowest BCUT2D eigenvalue weighted by Gasteiger charge is -2.27. The molecule has 0 spiro atoms. The first-order valence-corrected chi connectivity index (χ1v) is 10.5. The van der Waals surface area contributed by atoms with Crippen molar-refractivity contribution >= 4 is 17.2 Å². The predicted molar refractivity (Wildman–Crippen MR) is 125 cm³/mol. The molecule has 2 aromatic carbocycles. The van der Waals surface area contributed by atoms with Crippen LogP contribution >= 0.6 is 0 Å². The molecule has 0 fully saturated rings. The van der Waals surface area contributed by atoms with Gasteiger partial charge in [-0.3, -0.25) is 24.5 Å². The minimum Gasteiger partial charge on any atom is -0.383 e. The topological polar surface area (TPSA) is 127 Å². The van der Waals surface area contributed by atoms with Gasteiger partial charge < -0.3 is 10.6 Å². The first-order valence-electron chi connectivity index (χ1n) is 10.5. The van der Waals surface area contributed by atoms with E-state index in [0.717, 1.165) is 18.4 Å². The van der Waals surface area contributed by atoms with Crippen molar-refractivity contribution in [2.75, 3.05) is 10.6 Å². The van der Waals surface area contributed by atoms with Gasteiger partial charge in [0.15, 0.2) is 0 Å². The number of unbranched alkanes of at least 4 members (excludes halogenated alkanes) is 1. The van der Waals surface area contributed by atoms with Crippen LogP contribution in [0.4, 0.5) is 17.2 Å². The highest BCUT2D eigenvalue weighted by Gasteiger charge is 2.22. The molecule has 0 aliphatic carbocycles. The highest BCUT2D eigenvalue weighted by atomic mass is 16.6. The molecule has 0 atom stereocenters. The Balaban J connectivity index is 2.13. The molecule has 0 unspecified atom stereocenters. The van der Waals surface area contributed by atoms with Crippen molar-refractivity contribution in [2.45, 2.75) is 46.3 Å². The second-order valence-electron chi connectivity index (χ2n) is 7.66. The normalized spacial score (nSPS) is 10.8. The molecule has 3 rings (SSSR count). The van der Waals surface area contributed by atoms with E-state index in [-0.39, 0.29) is 23.7 Å². The van der Waals surface area contributed by atoms with Gasteiger partial charge in [0.05, 0.1) is 4.92 Å². The van der Waals surface area contributed by atoms with Crippen molar-refractivity contribution in [2.24, 2.45) is 0 Å². The number of nitrogens with zero attached hydrogens (tertiary/aromatic N) is 3. The Bertz CT molecular complexity index is 1220. The molecule has 1 heterocycles. The van der Waals surface area contributed by atoms with Gasteiger partial charge in [-0.25, -0.2) is 4.79 Å². The summed E-state index contributed by atoms with van der Waals surface area (Å²) in [4.78, 5) is 40.3.